The predicted octanol–water partition coefficient (Wildman–Crippen LogP) is 1.83. The summed E-state index contributed by atoms with van der Waals surface area (Å²) in [5, 5.41) is 13.0. The number of carbonyl (C=O) groups is 2. The second-order valence-corrected chi connectivity index (χ2v) is 5.00. The van der Waals surface area contributed by atoms with Crippen LogP contribution >= 0.6 is 11.8 Å². The Kier molecular flexibility index (Phi) is 7.65. The zero-order valence-electron chi connectivity index (χ0n) is 10.6. The van der Waals surface area contributed by atoms with Crippen LogP contribution in [0.15, 0.2) is 0 Å². The van der Waals surface area contributed by atoms with E-state index in [4.69, 9.17) is 5.11 Å². The predicted molar refractivity (Wildman–Crippen MR) is 66.2 cm³/mol. The number of carboxylic acid groups (broad SMARTS) is 1. The minimum Gasteiger partial charge on any atom is -0.480 e. The lowest BCUT2D eigenvalue weighted by Gasteiger charge is -2.19. The van der Waals surface area contributed by atoms with Crippen molar-refractivity contribution in [2.75, 3.05) is 12.0 Å². The first kappa shape index (κ1) is 17.9. The van der Waals surface area contributed by atoms with Gasteiger partial charge in [0.1, 0.15) is 6.04 Å². The average Bonchev–Trinajstić information content (AvgIpc) is 2.20. The van der Waals surface area contributed by atoms with Crippen molar-refractivity contribution in [3.05, 3.63) is 0 Å². The molecule has 0 radical (unpaired) electrons. The van der Waals surface area contributed by atoms with Gasteiger partial charge in [-0.15, -0.1) is 0 Å². The van der Waals surface area contributed by atoms with E-state index in [2.05, 4.69) is 10.6 Å². The summed E-state index contributed by atoms with van der Waals surface area (Å²) in [6.45, 7) is 1.20. The van der Waals surface area contributed by atoms with E-state index in [9.17, 15) is 22.8 Å². The highest BCUT2D eigenvalue weighted by molar-refractivity contribution is 7.98. The number of aliphatic carboxylic acids is 1. The van der Waals surface area contributed by atoms with E-state index in [1.54, 1.807) is 6.26 Å². The molecule has 0 aromatic carbocycles. The number of alkyl halides is 3. The number of amides is 2. The Labute approximate surface area is 113 Å². The molecule has 0 bridgehead atoms. The van der Waals surface area contributed by atoms with Gasteiger partial charge < -0.3 is 15.7 Å². The van der Waals surface area contributed by atoms with Crippen LogP contribution in [0.5, 0.6) is 0 Å². The fourth-order valence-corrected chi connectivity index (χ4v) is 1.79. The molecule has 0 saturated heterocycles. The molecular formula is C10H17F3N2O3S. The van der Waals surface area contributed by atoms with Gasteiger partial charge in [0.2, 0.25) is 0 Å². The summed E-state index contributed by atoms with van der Waals surface area (Å²) in [7, 11) is 0. The van der Waals surface area contributed by atoms with E-state index in [1.807, 2.05) is 0 Å². The Morgan fingerprint density at radius 3 is 2.32 bits per heavy atom. The van der Waals surface area contributed by atoms with Gasteiger partial charge in [0, 0.05) is 6.04 Å². The highest BCUT2D eigenvalue weighted by atomic mass is 32.2. The van der Waals surface area contributed by atoms with Crippen LogP contribution in [0.2, 0.25) is 0 Å². The highest BCUT2D eigenvalue weighted by Crippen LogP contribution is 2.21. The summed E-state index contributed by atoms with van der Waals surface area (Å²) in [5.41, 5.74) is 0. The Morgan fingerprint density at radius 1 is 1.32 bits per heavy atom. The molecule has 9 heteroatoms. The standard InChI is InChI=1S/C10H17F3N2O3S/c1-6(5-10(11,12)13)14-9(18)15-7(8(16)17)3-4-19-2/h6-7H,3-5H2,1-2H3,(H,16,17)(H2,14,15,18). The van der Waals surface area contributed by atoms with Crippen LogP contribution in [-0.4, -0.2) is 47.4 Å². The number of nitrogens with one attached hydrogen (secondary N) is 2. The highest BCUT2D eigenvalue weighted by Gasteiger charge is 2.31. The van der Waals surface area contributed by atoms with E-state index in [0.29, 0.717) is 5.75 Å². The van der Waals surface area contributed by atoms with E-state index in [1.165, 1.54) is 18.7 Å². The molecule has 0 saturated carbocycles. The molecule has 0 spiro atoms. The molecule has 0 rings (SSSR count). The molecule has 19 heavy (non-hydrogen) atoms. The third kappa shape index (κ3) is 9.46. The first-order valence-electron chi connectivity index (χ1n) is 5.51. The maximum atomic E-state index is 12.0. The average molecular weight is 302 g/mol. The molecule has 0 aliphatic rings. The Hall–Kier alpha value is -1.12. The molecule has 0 fully saturated rings. The Bertz CT molecular complexity index is 313. The van der Waals surface area contributed by atoms with Gasteiger partial charge in [0.05, 0.1) is 6.42 Å². The van der Waals surface area contributed by atoms with E-state index >= 15 is 0 Å². The monoisotopic (exact) mass is 302 g/mol. The molecule has 3 N–H and O–H groups in total. The number of carboxylic acids is 1. The number of rotatable bonds is 7. The molecule has 5 nitrogen and oxygen atoms in total. The SMILES string of the molecule is CSCCC(NC(=O)NC(C)CC(F)(F)F)C(=O)O. The lowest BCUT2D eigenvalue weighted by atomic mass is 10.2. The lowest BCUT2D eigenvalue weighted by Crippen LogP contribution is -2.49. The van der Waals surface area contributed by atoms with Gasteiger partial charge in [0.25, 0.3) is 0 Å². The van der Waals surface area contributed by atoms with Gasteiger partial charge >= 0.3 is 18.2 Å². The second-order valence-electron chi connectivity index (χ2n) is 4.01. The van der Waals surface area contributed by atoms with Crippen LogP contribution in [0.4, 0.5) is 18.0 Å². The number of carbonyl (C=O) groups excluding carboxylic acids is 1. The Balaban J connectivity index is 4.22. The third-order valence-electron chi connectivity index (χ3n) is 2.13. The molecule has 0 aromatic heterocycles. The maximum absolute atomic E-state index is 12.0. The van der Waals surface area contributed by atoms with Crippen molar-refractivity contribution >= 4 is 23.8 Å². The summed E-state index contributed by atoms with van der Waals surface area (Å²) in [4.78, 5) is 22.2. The lowest BCUT2D eigenvalue weighted by molar-refractivity contribution is -0.140. The zero-order valence-corrected chi connectivity index (χ0v) is 11.4. The smallest absolute Gasteiger partial charge is 0.391 e. The van der Waals surface area contributed by atoms with Crippen LogP contribution in [0.25, 0.3) is 0 Å². The van der Waals surface area contributed by atoms with Crippen molar-refractivity contribution in [2.45, 2.75) is 38.0 Å². The molecule has 2 unspecified atom stereocenters. The van der Waals surface area contributed by atoms with Crippen molar-refractivity contribution in [3.63, 3.8) is 0 Å². The molecule has 0 heterocycles. The summed E-state index contributed by atoms with van der Waals surface area (Å²) in [6, 6.07) is -3.13. The normalized spacial score (nSPS) is 14.6. The molecule has 2 atom stereocenters. The first-order valence-corrected chi connectivity index (χ1v) is 6.90. The second kappa shape index (κ2) is 8.13. The molecule has 2 amide bonds. The van der Waals surface area contributed by atoms with Gasteiger partial charge in [-0.1, -0.05) is 0 Å². The largest absolute Gasteiger partial charge is 0.480 e. The molecule has 0 aromatic rings. The molecule has 0 aliphatic carbocycles. The first-order chi connectivity index (χ1) is 8.65. The fourth-order valence-electron chi connectivity index (χ4n) is 1.32. The quantitative estimate of drug-likeness (QED) is 0.670. The van der Waals surface area contributed by atoms with E-state index in [-0.39, 0.29) is 6.42 Å². The number of halogens is 3. The molecule has 0 aliphatic heterocycles. The number of hydrogen-bond acceptors (Lipinski definition) is 3. The number of urea groups is 1. The van der Waals surface area contributed by atoms with Crippen molar-refractivity contribution in [2.24, 2.45) is 0 Å². The van der Waals surface area contributed by atoms with Gasteiger partial charge in [0.15, 0.2) is 0 Å². The fraction of sp³-hybridized carbons (Fsp3) is 0.800. The van der Waals surface area contributed by atoms with Gasteiger partial charge in [-0.3, -0.25) is 0 Å². The zero-order chi connectivity index (χ0) is 15.1. The molecular weight excluding hydrogens is 285 g/mol. The van der Waals surface area contributed by atoms with Gasteiger partial charge in [-0.25, -0.2) is 9.59 Å². The van der Waals surface area contributed by atoms with Crippen molar-refractivity contribution in [1.29, 1.82) is 0 Å². The topological polar surface area (TPSA) is 78.4 Å². The number of thioether (sulfide) groups is 1. The third-order valence-corrected chi connectivity index (χ3v) is 2.77. The summed E-state index contributed by atoms with van der Waals surface area (Å²) >= 11 is 1.41. The van der Waals surface area contributed by atoms with Crippen LogP contribution < -0.4 is 10.6 Å². The van der Waals surface area contributed by atoms with E-state index < -0.39 is 36.7 Å². The van der Waals surface area contributed by atoms with Crippen LogP contribution in [0, 0.1) is 0 Å². The summed E-state index contributed by atoms with van der Waals surface area (Å²) < 4.78 is 36.1. The van der Waals surface area contributed by atoms with Crippen LogP contribution in [0.3, 0.4) is 0 Å². The van der Waals surface area contributed by atoms with Gasteiger partial charge in [-0.05, 0) is 25.4 Å². The molecule has 112 valence electrons. The van der Waals surface area contributed by atoms with Gasteiger partial charge in [-0.2, -0.15) is 24.9 Å². The minimum absolute atomic E-state index is 0.206. The minimum atomic E-state index is -4.38. The summed E-state index contributed by atoms with van der Waals surface area (Å²) in [5.74, 6) is -0.692. The maximum Gasteiger partial charge on any atom is 0.391 e. The Morgan fingerprint density at radius 2 is 1.89 bits per heavy atom. The van der Waals surface area contributed by atoms with Crippen molar-refractivity contribution in [3.8, 4) is 0 Å². The van der Waals surface area contributed by atoms with E-state index in [0.717, 1.165) is 0 Å². The van der Waals surface area contributed by atoms with Crippen LogP contribution in [-0.2, 0) is 4.79 Å². The van der Waals surface area contributed by atoms with Crippen LogP contribution in [0.1, 0.15) is 19.8 Å². The van der Waals surface area contributed by atoms with Crippen molar-refractivity contribution in [1.82, 2.24) is 10.6 Å². The van der Waals surface area contributed by atoms with Crippen molar-refractivity contribution < 1.29 is 27.9 Å². The summed E-state index contributed by atoms with van der Waals surface area (Å²) in [6.07, 6.45) is -3.55. The number of hydrogen-bond donors (Lipinski definition) is 3.